The van der Waals surface area contributed by atoms with E-state index in [1.165, 1.54) is 11.1 Å². The van der Waals surface area contributed by atoms with Crippen LogP contribution in [-0.2, 0) is 0 Å². The summed E-state index contributed by atoms with van der Waals surface area (Å²) in [4.78, 5) is 0. The van der Waals surface area contributed by atoms with Crippen LogP contribution in [0.4, 0.5) is 0 Å². The highest BCUT2D eigenvalue weighted by molar-refractivity contribution is 5.40. The second-order valence-electron chi connectivity index (χ2n) is 5.39. The molecule has 0 amide bonds. The minimum absolute atomic E-state index is 0.497. The Hall–Kier alpha value is -1.06. The lowest BCUT2D eigenvalue weighted by atomic mass is 9.78. The van der Waals surface area contributed by atoms with E-state index in [4.69, 9.17) is 10.5 Å². The van der Waals surface area contributed by atoms with E-state index in [1.807, 2.05) is 0 Å². The Labute approximate surface area is 110 Å². The highest BCUT2D eigenvalue weighted by atomic mass is 16.5. The van der Waals surface area contributed by atoms with Gasteiger partial charge in [0, 0.05) is 6.04 Å². The third kappa shape index (κ3) is 2.68. The van der Waals surface area contributed by atoms with E-state index in [1.54, 1.807) is 7.11 Å². The van der Waals surface area contributed by atoms with Crippen LogP contribution in [0, 0.1) is 12.8 Å². The molecule has 3 atom stereocenters. The summed E-state index contributed by atoms with van der Waals surface area (Å²) in [7, 11) is 1.75. The van der Waals surface area contributed by atoms with Gasteiger partial charge in [0.2, 0.25) is 0 Å². The molecular formula is C15H24N2O. The number of nitrogens with one attached hydrogen (secondary N) is 1. The minimum Gasteiger partial charge on any atom is -0.496 e. The summed E-state index contributed by atoms with van der Waals surface area (Å²) in [5.41, 5.74) is 8.53. The molecule has 1 saturated heterocycles. The van der Waals surface area contributed by atoms with E-state index < -0.39 is 0 Å². The van der Waals surface area contributed by atoms with Crippen LogP contribution in [0.15, 0.2) is 18.2 Å². The molecule has 1 heterocycles. The Morgan fingerprint density at radius 2 is 2.22 bits per heavy atom. The van der Waals surface area contributed by atoms with Gasteiger partial charge >= 0.3 is 0 Å². The van der Waals surface area contributed by atoms with Crippen LogP contribution in [-0.4, -0.2) is 26.2 Å². The number of piperidine rings is 1. The Morgan fingerprint density at radius 1 is 1.44 bits per heavy atom. The summed E-state index contributed by atoms with van der Waals surface area (Å²) < 4.78 is 5.52. The molecule has 1 aromatic rings. The van der Waals surface area contributed by atoms with Gasteiger partial charge in [-0.05, 0) is 56.8 Å². The van der Waals surface area contributed by atoms with Gasteiger partial charge in [-0.1, -0.05) is 17.7 Å². The van der Waals surface area contributed by atoms with Gasteiger partial charge in [-0.3, -0.25) is 0 Å². The van der Waals surface area contributed by atoms with Crippen molar-refractivity contribution in [2.75, 3.05) is 20.2 Å². The van der Waals surface area contributed by atoms with Crippen LogP contribution in [0.5, 0.6) is 5.75 Å². The molecule has 1 aliphatic rings. The SMILES string of the molecule is COc1ccc(C)cc1C1CC(C)NCC1CN. The molecule has 3 heteroatoms. The molecule has 3 nitrogen and oxygen atoms in total. The lowest BCUT2D eigenvalue weighted by molar-refractivity contribution is 0.278. The Morgan fingerprint density at radius 3 is 2.89 bits per heavy atom. The Balaban J connectivity index is 2.34. The van der Waals surface area contributed by atoms with Crippen LogP contribution in [0.3, 0.4) is 0 Å². The first-order valence-corrected chi connectivity index (χ1v) is 6.73. The fourth-order valence-electron chi connectivity index (χ4n) is 2.92. The maximum atomic E-state index is 5.93. The van der Waals surface area contributed by atoms with Gasteiger partial charge in [0.05, 0.1) is 7.11 Å². The first-order chi connectivity index (χ1) is 8.65. The summed E-state index contributed by atoms with van der Waals surface area (Å²) in [6, 6.07) is 6.97. The zero-order chi connectivity index (χ0) is 13.1. The van der Waals surface area contributed by atoms with Gasteiger partial charge in [-0.2, -0.15) is 0 Å². The van der Waals surface area contributed by atoms with Gasteiger partial charge in [-0.15, -0.1) is 0 Å². The van der Waals surface area contributed by atoms with E-state index in [0.29, 0.717) is 17.9 Å². The average Bonchev–Trinajstić information content (AvgIpc) is 2.38. The van der Waals surface area contributed by atoms with Gasteiger partial charge in [0.1, 0.15) is 5.75 Å². The smallest absolute Gasteiger partial charge is 0.122 e. The predicted octanol–water partition coefficient (Wildman–Crippen LogP) is 2.04. The minimum atomic E-state index is 0.497. The quantitative estimate of drug-likeness (QED) is 0.860. The van der Waals surface area contributed by atoms with E-state index in [0.717, 1.165) is 25.3 Å². The van der Waals surface area contributed by atoms with Crippen LogP contribution >= 0.6 is 0 Å². The zero-order valence-corrected chi connectivity index (χ0v) is 11.6. The lowest BCUT2D eigenvalue weighted by Crippen LogP contribution is -2.44. The molecule has 0 bridgehead atoms. The van der Waals surface area contributed by atoms with E-state index in [-0.39, 0.29) is 0 Å². The third-order valence-electron chi connectivity index (χ3n) is 3.99. The van der Waals surface area contributed by atoms with Crippen LogP contribution < -0.4 is 15.8 Å². The summed E-state index contributed by atoms with van der Waals surface area (Å²) in [5.74, 6) is 2.00. The molecule has 1 fully saturated rings. The van der Waals surface area contributed by atoms with Crippen LogP contribution in [0.25, 0.3) is 0 Å². The monoisotopic (exact) mass is 248 g/mol. The molecule has 1 aliphatic heterocycles. The fraction of sp³-hybridized carbons (Fsp3) is 0.600. The predicted molar refractivity (Wildman–Crippen MR) is 75.1 cm³/mol. The van der Waals surface area contributed by atoms with E-state index in [2.05, 4.69) is 37.4 Å². The molecule has 0 saturated carbocycles. The van der Waals surface area contributed by atoms with Crippen molar-refractivity contribution in [3.05, 3.63) is 29.3 Å². The van der Waals surface area contributed by atoms with Crippen molar-refractivity contribution < 1.29 is 4.74 Å². The summed E-state index contributed by atoms with van der Waals surface area (Å²) >= 11 is 0. The summed E-state index contributed by atoms with van der Waals surface area (Å²) in [6.07, 6.45) is 1.13. The zero-order valence-electron chi connectivity index (χ0n) is 11.6. The van der Waals surface area contributed by atoms with Crippen LogP contribution in [0.1, 0.15) is 30.4 Å². The molecule has 100 valence electrons. The maximum Gasteiger partial charge on any atom is 0.122 e. The molecule has 3 unspecified atom stereocenters. The third-order valence-corrected chi connectivity index (χ3v) is 3.99. The molecule has 0 aliphatic carbocycles. The van der Waals surface area contributed by atoms with Crippen molar-refractivity contribution in [1.29, 1.82) is 0 Å². The standard InChI is InChI=1S/C15H24N2O/c1-10-4-5-15(18-3)14(6-10)13-7-11(2)17-9-12(13)8-16/h4-6,11-13,17H,7-9,16H2,1-3H3. The number of ether oxygens (including phenoxy) is 1. The molecule has 0 spiro atoms. The Bertz CT molecular complexity index is 405. The second-order valence-corrected chi connectivity index (χ2v) is 5.39. The number of hydrogen-bond acceptors (Lipinski definition) is 3. The number of hydrogen-bond donors (Lipinski definition) is 2. The number of methoxy groups -OCH3 is 1. The summed E-state index contributed by atoms with van der Waals surface area (Å²) in [6.45, 7) is 6.09. The number of benzene rings is 1. The van der Waals surface area contributed by atoms with E-state index >= 15 is 0 Å². The number of rotatable bonds is 3. The molecule has 2 rings (SSSR count). The second kappa shape index (κ2) is 5.72. The van der Waals surface area contributed by atoms with Gasteiger partial charge in [0.15, 0.2) is 0 Å². The molecule has 1 aromatic carbocycles. The van der Waals surface area contributed by atoms with Gasteiger partial charge in [0.25, 0.3) is 0 Å². The van der Waals surface area contributed by atoms with Crippen LogP contribution in [0.2, 0.25) is 0 Å². The topological polar surface area (TPSA) is 47.3 Å². The van der Waals surface area contributed by atoms with Crippen molar-refractivity contribution in [2.45, 2.75) is 32.2 Å². The number of aryl methyl sites for hydroxylation is 1. The van der Waals surface area contributed by atoms with Gasteiger partial charge in [-0.25, -0.2) is 0 Å². The largest absolute Gasteiger partial charge is 0.496 e. The molecule has 0 radical (unpaired) electrons. The van der Waals surface area contributed by atoms with E-state index in [9.17, 15) is 0 Å². The van der Waals surface area contributed by atoms with Crippen molar-refractivity contribution in [2.24, 2.45) is 11.7 Å². The fourth-order valence-corrected chi connectivity index (χ4v) is 2.92. The molecule has 3 N–H and O–H groups in total. The Kier molecular flexibility index (Phi) is 4.25. The van der Waals surface area contributed by atoms with Crippen molar-refractivity contribution >= 4 is 0 Å². The average molecular weight is 248 g/mol. The first-order valence-electron chi connectivity index (χ1n) is 6.73. The normalized spacial score (nSPS) is 28.1. The highest BCUT2D eigenvalue weighted by Gasteiger charge is 2.30. The van der Waals surface area contributed by atoms with Crippen molar-refractivity contribution in [3.8, 4) is 5.75 Å². The van der Waals surface area contributed by atoms with Crippen molar-refractivity contribution in [1.82, 2.24) is 5.32 Å². The molecule has 0 aromatic heterocycles. The number of nitrogens with two attached hydrogens (primary N) is 1. The molecule has 18 heavy (non-hydrogen) atoms. The molecular weight excluding hydrogens is 224 g/mol. The van der Waals surface area contributed by atoms with Gasteiger partial charge < -0.3 is 15.8 Å². The maximum absolute atomic E-state index is 5.93. The van der Waals surface area contributed by atoms with Crippen molar-refractivity contribution in [3.63, 3.8) is 0 Å². The summed E-state index contributed by atoms with van der Waals surface area (Å²) in [5, 5.41) is 3.51. The first kappa shape index (κ1) is 13.4. The highest BCUT2D eigenvalue weighted by Crippen LogP contribution is 2.37. The lowest BCUT2D eigenvalue weighted by Gasteiger charge is -2.36.